The van der Waals surface area contributed by atoms with Crippen LogP contribution in [0, 0.1) is 0 Å². The molecule has 0 radical (unpaired) electrons. The molecule has 0 aliphatic carbocycles. The van der Waals surface area contributed by atoms with Crippen molar-refractivity contribution in [1.82, 2.24) is 15.2 Å². The fourth-order valence-corrected chi connectivity index (χ4v) is 2.48. The highest BCUT2D eigenvalue weighted by Gasteiger charge is 2.36. The Hall–Kier alpha value is -1.27. The summed E-state index contributed by atoms with van der Waals surface area (Å²) in [5.74, 6) is -0.498. The van der Waals surface area contributed by atoms with Crippen LogP contribution in [-0.4, -0.2) is 34.8 Å². The normalized spacial score (nSPS) is 18.6. The molecule has 1 aromatic heterocycles. The molecule has 16 heavy (non-hydrogen) atoms. The molecule has 86 valence electrons. The van der Waals surface area contributed by atoms with Gasteiger partial charge in [-0.3, -0.25) is 19.8 Å². The number of hydrogen-bond donors (Lipinski definition) is 1. The number of thiazole rings is 1. The van der Waals surface area contributed by atoms with Crippen LogP contribution >= 0.6 is 11.3 Å². The summed E-state index contributed by atoms with van der Waals surface area (Å²) in [6, 6.07) is 0. The van der Waals surface area contributed by atoms with Crippen molar-refractivity contribution >= 4 is 23.2 Å². The molecule has 6 heteroatoms. The van der Waals surface area contributed by atoms with E-state index in [0.29, 0.717) is 0 Å². The van der Waals surface area contributed by atoms with Gasteiger partial charge in [-0.1, -0.05) is 0 Å². The standard InChI is InChI=1S/C10H13N3O2S/c1-10(2,9-11-3-4-16-9)13-5-7(14)12-8(15)6-13/h3-4H,5-6H2,1-2H3,(H,12,14,15). The van der Waals surface area contributed by atoms with Crippen LogP contribution in [0.5, 0.6) is 0 Å². The summed E-state index contributed by atoms with van der Waals surface area (Å²) < 4.78 is 0. The third kappa shape index (κ3) is 1.98. The Morgan fingerprint density at radius 2 is 2.00 bits per heavy atom. The Morgan fingerprint density at radius 3 is 2.50 bits per heavy atom. The molecule has 0 spiro atoms. The van der Waals surface area contributed by atoms with E-state index in [0.717, 1.165) is 5.01 Å². The summed E-state index contributed by atoms with van der Waals surface area (Å²) in [5, 5.41) is 5.09. The van der Waals surface area contributed by atoms with Gasteiger partial charge in [0.05, 0.1) is 18.6 Å². The number of carbonyl (C=O) groups excluding carboxylic acids is 2. The Morgan fingerprint density at radius 1 is 1.38 bits per heavy atom. The smallest absolute Gasteiger partial charge is 0.240 e. The van der Waals surface area contributed by atoms with Gasteiger partial charge in [0, 0.05) is 11.6 Å². The molecule has 2 amide bonds. The maximum absolute atomic E-state index is 11.3. The zero-order chi connectivity index (χ0) is 11.8. The second-order valence-electron chi connectivity index (χ2n) is 4.22. The predicted molar refractivity (Wildman–Crippen MR) is 59.9 cm³/mol. The molecule has 1 aliphatic rings. The van der Waals surface area contributed by atoms with E-state index < -0.39 is 0 Å². The average Bonchev–Trinajstić information content (AvgIpc) is 2.69. The van der Waals surface area contributed by atoms with Gasteiger partial charge in [0.2, 0.25) is 11.8 Å². The maximum Gasteiger partial charge on any atom is 0.240 e. The summed E-state index contributed by atoms with van der Waals surface area (Å²) in [6.07, 6.45) is 1.73. The van der Waals surface area contributed by atoms with Gasteiger partial charge < -0.3 is 0 Å². The number of nitrogens with one attached hydrogen (secondary N) is 1. The van der Waals surface area contributed by atoms with Crippen molar-refractivity contribution in [3.63, 3.8) is 0 Å². The van der Waals surface area contributed by atoms with E-state index in [-0.39, 0.29) is 30.4 Å². The first-order valence-electron chi connectivity index (χ1n) is 4.98. The molecule has 2 heterocycles. The first-order valence-corrected chi connectivity index (χ1v) is 5.86. The van der Waals surface area contributed by atoms with Crippen LogP contribution in [0.25, 0.3) is 0 Å². The predicted octanol–water partition coefficient (Wildman–Crippen LogP) is 0.337. The molecule has 1 saturated heterocycles. The summed E-state index contributed by atoms with van der Waals surface area (Å²) in [7, 11) is 0. The van der Waals surface area contributed by atoms with E-state index in [2.05, 4.69) is 10.3 Å². The number of hydrogen-bond acceptors (Lipinski definition) is 5. The van der Waals surface area contributed by atoms with Crippen LogP contribution < -0.4 is 5.32 Å². The third-order valence-electron chi connectivity index (χ3n) is 2.69. The lowest BCUT2D eigenvalue weighted by Gasteiger charge is -2.38. The fraction of sp³-hybridized carbons (Fsp3) is 0.500. The van der Waals surface area contributed by atoms with Gasteiger partial charge in [0.15, 0.2) is 0 Å². The molecule has 0 unspecified atom stereocenters. The monoisotopic (exact) mass is 239 g/mol. The van der Waals surface area contributed by atoms with Crippen LogP contribution in [0.1, 0.15) is 18.9 Å². The van der Waals surface area contributed by atoms with Crippen molar-refractivity contribution in [1.29, 1.82) is 0 Å². The van der Waals surface area contributed by atoms with Gasteiger partial charge in [-0.2, -0.15) is 0 Å². The van der Waals surface area contributed by atoms with E-state index in [1.807, 2.05) is 24.1 Å². The number of aromatic nitrogens is 1. The molecule has 0 atom stereocenters. The second kappa shape index (κ2) is 3.95. The number of carbonyl (C=O) groups is 2. The van der Waals surface area contributed by atoms with Crippen molar-refractivity contribution in [2.75, 3.05) is 13.1 Å². The lowest BCUT2D eigenvalue weighted by Crippen LogP contribution is -2.57. The number of piperazine rings is 1. The SMILES string of the molecule is CC(C)(c1nccs1)N1CC(=O)NC(=O)C1. The quantitative estimate of drug-likeness (QED) is 0.756. The van der Waals surface area contributed by atoms with Crippen molar-refractivity contribution in [3.8, 4) is 0 Å². The van der Waals surface area contributed by atoms with Gasteiger partial charge in [0.1, 0.15) is 5.01 Å². The first kappa shape index (κ1) is 11.2. The van der Waals surface area contributed by atoms with Crippen LogP contribution in [0.15, 0.2) is 11.6 Å². The molecule has 1 fully saturated rings. The topological polar surface area (TPSA) is 62.3 Å². The van der Waals surface area contributed by atoms with Crippen molar-refractivity contribution < 1.29 is 9.59 Å². The van der Waals surface area contributed by atoms with E-state index in [4.69, 9.17) is 0 Å². The zero-order valence-corrected chi connectivity index (χ0v) is 10.0. The van der Waals surface area contributed by atoms with Gasteiger partial charge in [-0.05, 0) is 13.8 Å². The van der Waals surface area contributed by atoms with Crippen molar-refractivity contribution in [2.45, 2.75) is 19.4 Å². The molecular weight excluding hydrogens is 226 g/mol. The van der Waals surface area contributed by atoms with Crippen LogP contribution in [0.4, 0.5) is 0 Å². The highest BCUT2D eigenvalue weighted by atomic mass is 32.1. The Labute approximate surface area is 97.5 Å². The Balaban J connectivity index is 2.23. The number of imide groups is 1. The number of amides is 2. The van der Waals surface area contributed by atoms with E-state index >= 15 is 0 Å². The minimum atomic E-state index is -0.387. The highest BCUT2D eigenvalue weighted by Crippen LogP contribution is 2.29. The van der Waals surface area contributed by atoms with Crippen molar-refractivity contribution in [2.24, 2.45) is 0 Å². The van der Waals surface area contributed by atoms with Crippen LogP contribution in [0.3, 0.4) is 0 Å². The molecule has 1 N–H and O–H groups in total. The molecule has 2 rings (SSSR count). The van der Waals surface area contributed by atoms with E-state index in [1.54, 1.807) is 6.20 Å². The van der Waals surface area contributed by atoms with Gasteiger partial charge in [-0.15, -0.1) is 11.3 Å². The minimum absolute atomic E-state index is 0.234. The zero-order valence-electron chi connectivity index (χ0n) is 9.19. The van der Waals surface area contributed by atoms with Gasteiger partial charge in [-0.25, -0.2) is 4.98 Å². The second-order valence-corrected chi connectivity index (χ2v) is 5.12. The van der Waals surface area contributed by atoms with Gasteiger partial charge in [0.25, 0.3) is 0 Å². The third-order valence-corrected chi connectivity index (χ3v) is 3.78. The lowest BCUT2D eigenvalue weighted by molar-refractivity contribution is -0.138. The van der Waals surface area contributed by atoms with Crippen LogP contribution in [-0.2, 0) is 15.1 Å². The van der Waals surface area contributed by atoms with Gasteiger partial charge >= 0.3 is 0 Å². The van der Waals surface area contributed by atoms with Crippen LogP contribution in [0.2, 0.25) is 0 Å². The molecule has 0 aromatic carbocycles. The molecular formula is C10H13N3O2S. The van der Waals surface area contributed by atoms with E-state index in [1.165, 1.54) is 11.3 Å². The van der Waals surface area contributed by atoms with Crippen molar-refractivity contribution in [3.05, 3.63) is 16.6 Å². The first-order chi connectivity index (χ1) is 7.50. The Bertz CT molecular complexity index is 398. The summed E-state index contributed by atoms with van der Waals surface area (Å²) in [6.45, 7) is 4.41. The Kier molecular flexibility index (Phi) is 2.77. The fourth-order valence-electron chi connectivity index (χ4n) is 1.69. The van der Waals surface area contributed by atoms with E-state index in [9.17, 15) is 9.59 Å². The molecule has 5 nitrogen and oxygen atoms in total. The lowest BCUT2D eigenvalue weighted by atomic mass is 10.0. The summed E-state index contributed by atoms with van der Waals surface area (Å²) in [4.78, 5) is 28.7. The minimum Gasteiger partial charge on any atom is -0.294 e. The number of rotatable bonds is 2. The molecule has 0 bridgehead atoms. The molecule has 1 aliphatic heterocycles. The summed E-state index contributed by atoms with van der Waals surface area (Å²) >= 11 is 1.53. The largest absolute Gasteiger partial charge is 0.294 e. The number of nitrogens with zero attached hydrogens (tertiary/aromatic N) is 2. The molecule has 1 aromatic rings. The highest BCUT2D eigenvalue weighted by molar-refractivity contribution is 7.09. The maximum atomic E-state index is 11.3. The molecule has 0 saturated carbocycles. The average molecular weight is 239 g/mol. The summed E-state index contributed by atoms with van der Waals surface area (Å²) in [5.41, 5.74) is -0.387.